The summed E-state index contributed by atoms with van der Waals surface area (Å²) in [6.45, 7) is 4.97. The molecule has 16 heavy (non-hydrogen) atoms. The van der Waals surface area contributed by atoms with E-state index in [0.29, 0.717) is 19.8 Å². The number of hydrogen-bond donors (Lipinski definition) is 2. The molecule has 1 aliphatic heterocycles. The van der Waals surface area contributed by atoms with E-state index in [4.69, 9.17) is 4.74 Å². The lowest BCUT2D eigenvalue weighted by Crippen LogP contribution is -2.44. The summed E-state index contributed by atoms with van der Waals surface area (Å²) in [5.74, 6) is 0. The molecule has 2 heterocycles. The Morgan fingerprint density at radius 1 is 1.44 bits per heavy atom. The van der Waals surface area contributed by atoms with Crippen LogP contribution in [-0.4, -0.2) is 30.5 Å². The fourth-order valence-corrected chi connectivity index (χ4v) is 2.79. The molecule has 0 unspecified atom stereocenters. The van der Waals surface area contributed by atoms with Gasteiger partial charge in [-0.1, -0.05) is 0 Å². The predicted molar refractivity (Wildman–Crippen MR) is 65.8 cm³/mol. The number of nitrogens with one attached hydrogen (secondary N) is 1. The van der Waals surface area contributed by atoms with Gasteiger partial charge in [-0.25, -0.2) is 0 Å². The highest BCUT2D eigenvalue weighted by molar-refractivity contribution is 7.11. The predicted octanol–water partition coefficient (Wildman–Crippen LogP) is 1.69. The Labute approximate surface area is 100 Å². The summed E-state index contributed by atoms with van der Waals surface area (Å²) >= 11 is 1.80. The molecule has 90 valence electrons. The third-order valence-electron chi connectivity index (χ3n) is 2.97. The van der Waals surface area contributed by atoms with E-state index < -0.39 is 5.60 Å². The molecule has 3 nitrogen and oxygen atoms in total. The first-order valence-electron chi connectivity index (χ1n) is 5.74. The lowest BCUT2D eigenvalue weighted by atomic mass is 9.94. The van der Waals surface area contributed by atoms with Crippen molar-refractivity contribution in [3.05, 3.63) is 21.9 Å². The van der Waals surface area contributed by atoms with E-state index in [0.717, 1.165) is 19.4 Å². The maximum atomic E-state index is 10.2. The largest absolute Gasteiger partial charge is 0.388 e. The fraction of sp³-hybridized carbons (Fsp3) is 0.667. The zero-order valence-corrected chi connectivity index (χ0v) is 10.5. The molecular weight excluding hydrogens is 222 g/mol. The van der Waals surface area contributed by atoms with Crippen molar-refractivity contribution in [2.24, 2.45) is 0 Å². The summed E-state index contributed by atoms with van der Waals surface area (Å²) in [5, 5.41) is 13.5. The van der Waals surface area contributed by atoms with E-state index in [1.54, 1.807) is 11.3 Å². The highest BCUT2D eigenvalue weighted by Crippen LogP contribution is 2.20. The molecule has 1 aromatic rings. The molecule has 1 saturated heterocycles. The molecule has 0 radical (unpaired) electrons. The number of thiophene rings is 1. The highest BCUT2D eigenvalue weighted by atomic mass is 32.1. The van der Waals surface area contributed by atoms with Gasteiger partial charge in [-0.2, -0.15) is 0 Å². The second-order valence-corrected chi connectivity index (χ2v) is 5.83. The first-order valence-corrected chi connectivity index (χ1v) is 6.56. The molecule has 0 spiro atoms. The van der Waals surface area contributed by atoms with Gasteiger partial charge in [0.2, 0.25) is 0 Å². The van der Waals surface area contributed by atoms with Crippen LogP contribution in [-0.2, 0) is 11.3 Å². The molecule has 1 aromatic heterocycles. The van der Waals surface area contributed by atoms with E-state index in [1.807, 2.05) is 0 Å². The summed E-state index contributed by atoms with van der Waals surface area (Å²) in [4.78, 5) is 2.66. The fourth-order valence-electron chi connectivity index (χ4n) is 1.93. The van der Waals surface area contributed by atoms with Crippen LogP contribution < -0.4 is 5.32 Å². The van der Waals surface area contributed by atoms with Crippen LogP contribution in [0.3, 0.4) is 0 Å². The molecule has 2 rings (SSSR count). The van der Waals surface area contributed by atoms with E-state index in [-0.39, 0.29) is 0 Å². The minimum atomic E-state index is -0.565. The molecule has 0 aliphatic carbocycles. The average molecular weight is 241 g/mol. The van der Waals surface area contributed by atoms with Crippen molar-refractivity contribution < 1.29 is 9.84 Å². The van der Waals surface area contributed by atoms with Crippen LogP contribution in [0, 0.1) is 6.92 Å². The second-order valence-electron chi connectivity index (χ2n) is 4.45. The van der Waals surface area contributed by atoms with Gasteiger partial charge < -0.3 is 15.2 Å². The maximum Gasteiger partial charge on any atom is 0.0815 e. The van der Waals surface area contributed by atoms with Gasteiger partial charge in [-0.05, 0) is 19.1 Å². The first-order chi connectivity index (χ1) is 7.68. The van der Waals surface area contributed by atoms with Crippen molar-refractivity contribution >= 4 is 11.3 Å². The summed E-state index contributed by atoms with van der Waals surface area (Å²) in [6, 6.07) is 4.27. The zero-order valence-electron chi connectivity index (χ0n) is 9.66. The van der Waals surface area contributed by atoms with Crippen molar-refractivity contribution in [1.29, 1.82) is 0 Å². The Hall–Kier alpha value is -0.420. The van der Waals surface area contributed by atoms with Crippen LogP contribution >= 0.6 is 11.3 Å². The zero-order chi connectivity index (χ0) is 11.4. The number of aryl methyl sites for hydroxylation is 1. The Bertz CT molecular complexity index is 332. The van der Waals surface area contributed by atoms with Gasteiger partial charge in [0.15, 0.2) is 0 Å². The van der Waals surface area contributed by atoms with Gasteiger partial charge in [-0.15, -0.1) is 11.3 Å². The SMILES string of the molecule is Cc1ccc(CNCC2(O)CCOCC2)s1. The number of aliphatic hydroxyl groups is 1. The van der Waals surface area contributed by atoms with E-state index in [1.165, 1.54) is 9.75 Å². The van der Waals surface area contributed by atoms with Gasteiger partial charge in [0, 0.05) is 48.9 Å². The summed E-state index contributed by atoms with van der Waals surface area (Å²) < 4.78 is 5.25. The van der Waals surface area contributed by atoms with Crippen molar-refractivity contribution in [3.8, 4) is 0 Å². The smallest absolute Gasteiger partial charge is 0.0815 e. The van der Waals surface area contributed by atoms with Gasteiger partial charge in [0.1, 0.15) is 0 Å². The Morgan fingerprint density at radius 2 is 2.19 bits per heavy atom. The molecule has 1 aliphatic rings. The lowest BCUT2D eigenvalue weighted by Gasteiger charge is -2.32. The minimum absolute atomic E-state index is 0.565. The van der Waals surface area contributed by atoms with Gasteiger partial charge >= 0.3 is 0 Å². The van der Waals surface area contributed by atoms with E-state index in [9.17, 15) is 5.11 Å². The normalized spacial score (nSPS) is 19.9. The Balaban J connectivity index is 1.74. The molecule has 0 bridgehead atoms. The van der Waals surface area contributed by atoms with E-state index in [2.05, 4.69) is 24.4 Å². The monoisotopic (exact) mass is 241 g/mol. The standard InChI is InChI=1S/C12H19NO2S/c1-10-2-3-11(16-10)8-13-9-12(14)4-6-15-7-5-12/h2-3,13-14H,4-9H2,1H3. The van der Waals surface area contributed by atoms with Crippen molar-refractivity contribution in [3.63, 3.8) is 0 Å². The summed E-state index contributed by atoms with van der Waals surface area (Å²) in [6.07, 6.45) is 1.48. The van der Waals surface area contributed by atoms with Crippen molar-refractivity contribution in [2.45, 2.75) is 31.9 Å². The quantitative estimate of drug-likeness (QED) is 0.843. The molecule has 2 N–H and O–H groups in total. The summed E-state index contributed by atoms with van der Waals surface area (Å²) in [5.41, 5.74) is -0.565. The van der Waals surface area contributed by atoms with Crippen molar-refractivity contribution in [1.82, 2.24) is 5.32 Å². The first kappa shape index (κ1) is 12.0. The van der Waals surface area contributed by atoms with Crippen LogP contribution in [0.4, 0.5) is 0 Å². The number of ether oxygens (including phenoxy) is 1. The Kier molecular flexibility index (Phi) is 3.97. The van der Waals surface area contributed by atoms with E-state index >= 15 is 0 Å². The Morgan fingerprint density at radius 3 is 2.81 bits per heavy atom. The minimum Gasteiger partial charge on any atom is -0.388 e. The lowest BCUT2D eigenvalue weighted by molar-refractivity contribution is -0.0616. The van der Waals surface area contributed by atoms with Gasteiger partial charge in [-0.3, -0.25) is 0 Å². The van der Waals surface area contributed by atoms with Gasteiger partial charge in [0.25, 0.3) is 0 Å². The number of rotatable bonds is 4. The molecule has 0 saturated carbocycles. The molecule has 4 heteroatoms. The molecule has 0 amide bonds. The van der Waals surface area contributed by atoms with Crippen LogP contribution in [0.1, 0.15) is 22.6 Å². The summed E-state index contributed by atoms with van der Waals surface area (Å²) in [7, 11) is 0. The average Bonchev–Trinajstić information content (AvgIpc) is 2.65. The highest BCUT2D eigenvalue weighted by Gasteiger charge is 2.28. The molecule has 0 aromatic carbocycles. The molecular formula is C12H19NO2S. The second kappa shape index (κ2) is 5.27. The van der Waals surface area contributed by atoms with Crippen LogP contribution in [0.5, 0.6) is 0 Å². The maximum absolute atomic E-state index is 10.2. The van der Waals surface area contributed by atoms with Crippen LogP contribution in [0.2, 0.25) is 0 Å². The van der Waals surface area contributed by atoms with Crippen molar-refractivity contribution in [2.75, 3.05) is 19.8 Å². The number of hydrogen-bond acceptors (Lipinski definition) is 4. The molecule has 0 atom stereocenters. The third kappa shape index (κ3) is 3.28. The molecule has 1 fully saturated rings. The van der Waals surface area contributed by atoms with Gasteiger partial charge in [0.05, 0.1) is 5.60 Å². The topological polar surface area (TPSA) is 41.5 Å². The third-order valence-corrected chi connectivity index (χ3v) is 3.97. The van der Waals surface area contributed by atoms with Crippen LogP contribution in [0.25, 0.3) is 0 Å². The van der Waals surface area contributed by atoms with Crippen LogP contribution in [0.15, 0.2) is 12.1 Å².